The summed E-state index contributed by atoms with van der Waals surface area (Å²) in [5.41, 5.74) is 9.01. The van der Waals surface area contributed by atoms with Crippen molar-refractivity contribution in [3.63, 3.8) is 0 Å². The smallest absolute Gasteiger partial charge is 0.0770 e. The van der Waals surface area contributed by atoms with E-state index < -0.39 is 0 Å². The summed E-state index contributed by atoms with van der Waals surface area (Å²) in [4.78, 5) is 0. The third-order valence-corrected chi connectivity index (χ3v) is 4.09. The largest absolute Gasteiger partial charge is 0.376 e. The molecule has 1 aliphatic rings. The Labute approximate surface area is 117 Å². The average molecular weight is 261 g/mol. The van der Waals surface area contributed by atoms with Crippen molar-refractivity contribution >= 4 is 0 Å². The highest BCUT2D eigenvalue weighted by Crippen LogP contribution is 2.30. The van der Waals surface area contributed by atoms with Crippen LogP contribution >= 0.6 is 0 Å². The van der Waals surface area contributed by atoms with Crippen LogP contribution in [0, 0.1) is 0 Å². The second-order valence-corrected chi connectivity index (χ2v) is 5.59. The van der Waals surface area contributed by atoms with E-state index in [9.17, 15) is 0 Å². The molecule has 0 heterocycles. The molecule has 0 fully saturated rings. The summed E-state index contributed by atoms with van der Waals surface area (Å²) >= 11 is 0. The van der Waals surface area contributed by atoms with Gasteiger partial charge < -0.3 is 10.5 Å². The summed E-state index contributed by atoms with van der Waals surface area (Å²) in [5, 5.41) is 0. The number of benzene rings is 1. The highest BCUT2D eigenvalue weighted by atomic mass is 16.5. The molecule has 19 heavy (non-hydrogen) atoms. The van der Waals surface area contributed by atoms with Gasteiger partial charge in [0.15, 0.2) is 0 Å². The summed E-state index contributed by atoms with van der Waals surface area (Å²) in [6, 6.07) is 8.57. The van der Waals surface area contributed by atoms with Crippen LogP contribution in [0.1, 0.15) is 62.6 Å². The number of rotatable bonds is 7. The third-order valence-electron chi connectivity index (χ3n) is 4.09. The van der Waals surface area contributed by atoms with Crippen molar-refractivity contribution in [1.29, 1.82) is 0 Å². The van der Waals surface area contributed by atoms with Gasteiger partial charge in [-0.05, 0) is 30.4 Å². The van der Waals surface area contributed by atoms with Crippen LogP contribution in [-0.4, -0.2) is 12.7 Å². The van der Waals surface area contributed by atoms with Gasteiger partial charge in [-0.25, -0.2) is 0 Å². The molecule has 2 nitrogen and oxygen atoms in total. The highest BCUT2D eigenvalue weighted by molar-refractivity contribution is 5.33. The Morgan fingerprint density at radius 3 is 2.79 bits per heavy atom. The molecule has 2 atom stereocenters. The lowest BCUT2D eigenvalue weighted by molar-refractivity contribution is 0.0230. The minimum atomic E-state index is 0.0561. The molecule has 0 aliphatic heterocycles. The molecule has 2 rings (SSSR count). The van der Waals surface area contributed by atoms with Crippen molar-refractivity contribution in [1.82, 2.24) is 0 Å². The fourth-order valence-electron chi connectivity index (χ4n) is 2.89. The molecule has 1 aromatic carbocycles. The fraction of sp³-hybridized carbons (Fsp3) is 0.647. The summed E-state index contributed by atoms with van der Waals surface area (Å²) in [7, 11) is 0. The minimum absolute atomic E-state index is 0.0561. The van der Waals surface area contributed by atoms with Gasteiger partial charge in [-0.2, -0.15) is 0 Å². The second-order valence-electron chi connectivity index (χ2n) is 5.59. The predicted molar refractivity (Wildman–Crippen MR) is 80.2 cm³/mol. The second kappa shape index (κ2) is 7.66. The maximum absolute atomic E-state index is 6.33. The van der Waals surface area contributed by atoms with E-state index in [-0.39, 0.29) is 12.1 Å². The average Bonchev–Trinajstić information content (AvgIpc) is 2.45. The first-order chi connectivity index (χ1) is 9.33. The van der Waals surface area contributed by atoms with Gasteiger partial charge in [0.25, 0.3) is 0 Å². The minimum Gasteiger partial charge on any atom is -0.376 e. The monoisotopic (exact) mass is 261 g/mol. The zero-order chi connectivity index (χ0) is 13.5. The fourth-order valence-corrected chi connectivity index (χ4v) is 2.89. The van der Waals surface area contributed by atoms with E-state index >= 15 is 0 Å². The first kappa shape index (κ1) is 14.5. The summed E-state index contributed by atoms with van der Waals surface area (Å²) in [5.74, 6) is 0. The van der Waals surface area contributed by atoms with E-state index in [4.69, 9.17) is 10.5 Å². The molecule has 2 heteroatoms. The molecule has 2 unspecified atom stereocenters. The molecular formula is C17H27NO. The van der Waals surface area contributed by atoms with E-state index in [0.717, 1.165) is 19.4 Å². The SMILES string of the molecule is CCCCCCCOC1CCc2ccccc2C1N. The predicted octanol–water partition coefficient (Wildman–Crippen LogP) is 3.99. The van der Waals surface area contributed by atoms with Crippen molar-refractivity contribution in [3.05, 3.63) is 35.4 Å². The van der Waals surface area contributed by atoms with E-state index in [1.54, 1.807) is 0 Å². The van der Waals surface area contributed by atoms with Crippen LogP contribution in [0.4, 0.5) is 0 Å². The number of hydrogen-bond donors (Lipinski definition) is 1. The quantitative estimate of drug-likeness (QED) is 0.753. The van der Waals surface area contributed by atoms with Crippen LogP contribution in [0.5, 0.6) is 0 Å². The topological polar surface area (TPSA) is 35.2 Å². The molecule has 0 aromatic heterocycles. The van der Waals surface area contributed by atoms with Crippen LogP contribution in [0.15, 0.2) is 24.3 Å². The van der Waals surface area contributed by atoms with Crippen molar-refractivity contribution in [2.75, 3.05) is 6.61 Å². The standard InChI is InChI=1S/C17H27NO/c1-2-3-4-5-8-13-19-16-12-11-14-9-6-7-10-15(14)17(16)18/h6-7,9-10,16-17H,2-5,8,11-13,18H2,1H3. The van der Waals surface area contributed by atoms with Crippen molar-refractivity contribution in [2.24, 2.45) is 5.73 Å². The van der Waals surface area contributed by atoms with Gasteiger partial charge in [0.2, 0.25) is 0 Å². The molecule has 1 aromatic rings. The lowest BCUT2D eigenvalue weighted by atomic mass is 9.86. The van der Waals surface area contributed by atoms with Crippen LogP contribution < -0.4 is 5.73 Å². The molecule has 0 saturated heterocycles. The Kier molecular flexibility index (Phi) is 5.87. The molecule has 2 N–H and O–H groups in total. The number of ether oxygens (including phenoxy) is 1. The van der Waals surface area contributed by atoms with E-state index in [1.165, 1.54) is 43.2 Å². The van der Waals surface area contributed by atoms with E-state index in [1.807, 2.05) is 0 Å². The van der Waals surface area contributed by atoms with Gasteiger partial charge in [0.1, 0.15) is 0 Å². The Morgan fingerprint density at radius 2 is 1.95 bits per heavy atom. The van der Waals surface area contributed by atoms with Crippen LogP contribution in [-0.2, 0) is 11.2 Å². The Bertz CT molecular complexity index is 377. The zero-order valence-corrected chi connectivity index (χ0v) is 12.1. The normalized spacial score (nSPS) is 22.2. The van der Waals surface area contributed by atoms with Crippen LogP contribution in [0.3, 0.4) is 0 Å². The number of hydrogen-bond acceptors (Lipinski definition) is 2. The van der Waals surface area contributed by atoms with E-state index in [2.05, 4.69) is 31.2 Å². The first-order valence-corrected chi connectivity index (χ1v) is 7.78. The molecule has 0 saturated carbocycles. The number of fused-ring (bicyclic) bond motifs is 1. The van der Waals surface area contributed by atoms with Crippen molar-refractivity contribution in [2.45, 2.75) is 64.0 Å². The maximum Gasteiger partial charge on any atom is 0.0770 e. The lowest BCUT2D eigenvalue weighted by Gasteiger charge is -2.31. The molecular weight excluding hydrogens is 234 g/mol. The summed E-state index contributed by atoms with van der Waals surface area (Å²) in [6.07, 6.45) is 8.80. The zero-order valence-electron chi connectivity index (χ0n) is 12.1. The van der Waals surface area contributed by atoms with Crippen molar-refractivity contribution in [3.8, 4) is 0 Å². The van der Waals surface area contributed by atoms with Gasteiger partial charge in [0, 0.05) is 6.61 Å². The summed E-state index contributed by atoms with van der Waals surface area (Å²) < 4.78 is 6.01. The van der Waals surface area contributed by atoms with Gasteiger partial charge in [-0.15, -0.1) is 0 Å². The van der Waals surface area contributed by atoms with Gasteiger partial charge >= 0.3 is 0 Å². The van der Waals surface area contributed by atoms with Crippen LogP contribution in [0.25, 0.3) is 0 Å². The number of nitrogens with two attached hydrogens (primary N) is 1. The molecule has 0 amide bonds. The molecule has 0 bridgehead atoms. The number of aryl methyl sites for hydroxylation is 1. The first-order valence-electron chi connectivity index (χ1n) is 7.78. The van der Waals surface area contributed by atoms with Gasteiger partial charge in [-0.1, -0.05) is 56.9 Å². The Balaban J connectivity index is 1.74. The van der Waals surface area contributed by atoms with Gasteiger partial charge in [0.05, 0.1) is 12.1 Å². The number of unbranched alkanes of at least 4 members (excludes halogenated alkanes) is 4. The van der Waals surface area contributed by atoms with Crippen LogP contribution in [0.2, 0.25) is 0 Å². The third kappa shape index (κ3) is 4.05. The van der Waals surface area contributed by atoms with Gasteiger partial charge in [-0.3, -0.25) is 0 Å². The van der Waals surface area contributed by atoms with E-state index in [0.29, 0.717) is 0 Å². The molecule has 0 spiro atoms. The highest BCUT2D eigenvalue weighted by Gasteiger charge is 2.26. The lowest BCUT2D eigenvalue weighted by Crippen LogP contribution is -2.34. The van der Waals surface area contributed by atoms with Crippen molar-refractivity contribution < 1.29 is 4.74 Å². The summed E-state index contributed by atoms with van der Waals surface area (Å²) in [6.45, 7) is 3.11. The molecule has 0 radical (unpaired) electrons. The Hall–Kier alpha value is -0.860. The Morgan fingerprint density at radius 1 is 1.16 bits per heavy atom. The molecule has 106 valence electrons. The molecule has 1 aliphatic carbocycles. The maximum atomic E-state index is 6.33.